The van der Waals surface area contributed by atoms with Gasteiger partial charge in [0.15, 0.2) is 0 Å². The maximum atomic E-state index is 13.8. The van der Waals surface area contributed by atoms with E-state index in [2.05, 4.69) is 40.4 Å². The molecule has 0 heterocycles. The maximum absolute atomic E-state index is 13.8. The van der Waals surface area contributed by atoms with Gasteiger partial charge < -0.3 is 19.7 Å². The van der Waals surface area contributed by atoms with E-state index in [4.69, 9.17) is 9.47 Å². The summed E-state index contributed by atoms with van der Waals surface area (Å²) in [6.45, 7) is 3.62. The molecular formula is C46H49N3O7. The van der Waals surface area contributed by atoms with Crippen molar-refractivity contribution >= 4 is 17.9 Å². The van der Waals surface area contributed by atoms with Crippen LogP contribution >= 0.6 is 0 Å². The smallest absolute Gasteiger partial charge is 0.339 e. The molecule has 0 aliphatic heterocycles. The average Bonchev–Trinajstić information content (AvgIpc) is 3.54. The number of carbonyl (C=O) groups is 3. The summed E-state index contributed by atoms with van der Waals surface area (Å²) in [5, 5.41) is 24.5. The number of nitrogens with one attached hydrogen (secondary N) is 3. The van der Waals surface area contributed by atoms with Gasteiger partial charge in [0.25, 0.3) is 0 Å². The number of carbonyl (C=O) groups excluding carboxylic acids is 1. The van der Waals surface area contributed by atoms with Crippen molar-refractivity contribution in [2.24, 2.45) is 5.92 Å². The Morgan fingerprint density at radius 2 is 1.21 bits per heavy atom. The van der Waals surface area contributed by atoms with Crippen LogP contribution < -0.4 is 20.9 Å². The second kappa shape index (κ2) is 17.8. The summed E-state index contributed by atoms with van der Waals surface area (Å²) < 4.78 is 11.2. The van der Waals surface area contributed by atoms with E-state index in [0.29, 0.717) is 19.4 Å². The molecule has 5 N–H and O–H groups in total. The minimum absolute atomic E-state index is 0.0738. The second-order valence-corrected chi connectivity index (χ2v) is 14.4. The molecule has 56 heavy (non-hydrogen) atoms. The number of ether oxygens (including phenoxy) is 2. The summed E-state index contributed by atoms with van der Waals surface area (Å²) in [6, 6.07) is 42.8. The second-order valence-electron chi connectivity index (χ2n) is 14.4. The van der Waals surface area contributed by atoms with Crippen molar-refractivity contribution < 1.29 is 34.1 Å². The van der Waals surface area contributed by atoms with E-state index < -0.39 is 40.9 Å². The van der Waals surface area contributed by atoms with E-state index in [9.17, 15) is 24.6 Å². The highest BCUT2D eigenvalue weighted by molar-refractivity contribution is 6.04. The summed E-state index contributed by atoms with van der Waals surface area (Å²) in [7, 11) is 1.63. The van der Waals surface area contributed by atoms with Crippen molar-refractivity contribution in [1.82, 2.24) is 16.2 Å². The lowest BCUT2D eigenvalue weighted by molar-refractivity contribution is -0.168. The zero-order valence-corrected chi connectivity index (χ0v) is 31.9. The Labute approximate surface area is 327 Å². The van der Waals surface area contributed by atoms with E-state index in [0.717, 1.165) is 44.7 Å². The van der Waals surface area contributed by atoms with Gasteiger partial charge in [-0.3, -0.25) is 10.1 Å². The molecule has 2 atom stereocenters. The summed E-state index contributed by atoms with van der Waals surface area (Å²) >= 11 is 0. The van der Waals surface area contributed by atoms with Gasteiger partial charge in [0.2, 0.25) is 5.54 Å². The number of hydrogen-bond acceptors (Lipinski definition) is 8. The number of benzene rings is 5. The van der Waals surface area contributed by atoms with Gasteiger partial charge in [0.1, 0.15) is 18.4 Å². The topological polar surface area (TPSA) is 146 Å². The molecule has 0 saturated carbocycles. The first-order valence-corrected chi connectivity index (χ1v) is 19.0. The molecule has 1 aliphatic carbocycles. The van der Waals surface area contributed by atoms with Crippen LogP contribution in [0.4, 0.5) is 0 Å². The van der Waals surface area contributed by atoms with Gasteiger partial charge in [-0.15, -0.1) is 0 Å². The molecule has 0 amide bonds. The van der Waals surface area contributed by atoms with Gasteiger partial charge in [0.05, 0.1) is 12.6 Å². The van der Waals surface area contributed by atoms with Crippen LogP contribution in [-0.2, 0) is 24.7 Å². The van der Waals surface area contributed by atoms with E-state index >= 15 is 0 Å². The number of carboxylic acid groups (broad SMARTS) is 2. The molecule has 290 valence electrons. The van der Waals surface area contributed by atoms with Crippen molar-refractivity contribution in [2.75, 3.05) is 20.3 Å². The van der Waals surface area contributed by atoms with Crippen LogP contribution in [0.5, 0.6) is 5.75 Å². The first kappa shape index (κ1) is 39.9. The monoisotopic (exact) mass is 755 g/mol. The van der Waals surface area contributed by atoms with Crippen molar-refractivity contribution in [3.05, 3.63) is 161 Å². The first-order valence-electron chi connectivity index (χ1n) is 19.0. The van der Waals surface area contributed by atoms with Crippen LogP contribution in [0, 0.1) is 5.92 Å². The van der Waals surface area contributed by atoms with Crippen LogP contribution in [0.3, 0.4) is 0 Å². The van der Waals surface area contributed by atoms with Gasteiger partial charge in [-0.2, -0.15) is 0 Å². The first-order chi connectivity index (χ1) is 27.1. The van der Waals surface area contributed by atoms with E-state index in [1.54, 1.807) is 21.0 Å². The fourth-order valence-corrected chi connectivity index (χ4v) is 7.76. The predicted octanol–water partition coefficient (Wildman–Crippen LogP) is 7.13. The molecule has 0 spiro atoms. The highest BCUT2D eigenvalue weighted by atomic mass is 16.5. The molecule has 0 bridgehead atoms. The number of unbranched alkanes of at least 4 members (excludes halogenated alkanes) is 1. The number of fused-ring (bicyclic) bond motifs is 3. The SMILES string of the molecule is COc1ccc(C(NCCCC[C@H](NN[C@@](C(=O)O)(C(=O)OCC2c3ccccc3-c3ccccc32)C(C)C)C(=O)O)(c2ccccc2)c2ccccc2)cc1. The Hall–Kier alpha value is -5.81. The Balaban J connectivity index is 1.13. The fraction of sp³-hybridized carbons (Fsp3) is 0.283. The molecule has 10 heteroatoms. The minimum atomic E-state index is -2.25. The Morgan fingerprint density at radius 1 is 0.696 bits per heavy atom. The number of esters is 1. The minimum Gasteiger partial charge on any atom is -0.497 e. The Morgan fingerprint density at radius 3 is 1.71 bits per heavy atom. The number of carboxylic acids is 2. The number of rotatable bonds is 19. The maximum Gasteiger partial charge on any atom is 0.339 e. The van der Waals surface area contributed by atoms with Gasteiger partial charge in [-0.1, -0.05) is 135 Å². The zero-order chi connectivity index (χ0) is 39.7. The normalized spacial score (nSPS) is 14.0. The fourth-order valence-electron chi connectivity index (χ4n) is 7.76. The lowest BCUT2D eigenvalue weighted by atomic mass is 9.77. The molecule has 5 aromatic carbocycles. The van der Waals surface area contributed by atoms with Crippen molar-refractivity contribution in [3.63, 3.8) is 0 Å². The standard InChI is InChI=1S/C46H49N3O7/c1-31(2)45(43(52)53,44(54)56-30-40-38-22-12-10-20-36(38)37-21-11-13-23-39(37)40)49-48-41(42(50)51)24-14-15-29-47-46(32-16-6-4-7-17-32,33-18-8-5-9-19-33)34-25-27-35(55-3)28-26-34/h4-13,16-23,25-28,31,40-41,47-49H,14-15,24,29-30H2,1-3H3,(H,50,51)(H,52,53)/t41-,45-/m0/s1. The molecule has 0 radical (unpaired) electrons. The van der Waals surface area contributed by atoms with E-state index in [1.807, 2.05) is 109 Å². The number of methoxy groups -OCH3 is 1. The molecular weight excluding hydrogens is 707 g/mol. The number of aliphatic carboxylic acids is 2. The van der Waals surface area contributed by atoms with E-state index in [-0.39, 0.29) is 18.9 Å². The summed E-state index contributed by atoms with van der Waals surface area (Å²) in [4.78, 5) is 39.2. The van der Waals surface area contributed by atoms with E-state index in [1.165, 1.54) is 0 Å². The quantitative estimate of drug-likeness (QED) is 0.0194. The largest absolute Gasteiger partial charge is 0.497 e. The van der Waals surface area contributed by atoms with Crippen LogP contribution in [-0.4, -0.2) is 60.0 Å². The molecule has 0 aromatic heterocycles. The van der Waals surface area contributed by atoms with Crippen molar-refractivity contribution in [2.45, 2.75) is 56.1 Å². The summed E-state index contributed by atoms with van der Waals surface area (Å²) in [6.07, 6.45) is 1.24. The molecule has 10 nitrogen and oxygen atoms in total. The Bertz CT molecular complexity index is 2020. The molecule has 0 saturated heterocycles. The Kier molecular flexibility index (Phi) is 12.6. The third-order valence-electron chi connectivity index (χ3n) is 10.9. The lowest BCUT2D eigenvalue weighted by Gasteiger charge is -2.37. The molecule has 0 unspecified atom stereocenters. The molecule has 0 fully saturated rings. The third-order valence-corrected chi connectivity index (χ3v) is 10.9. The van der Waals surface area contributed by atoms with Gasteiger partial charge in [-0.25, -0.2) is 20.4 Å². The van der Waals surface area contributed by atoms with Crippen molar-refractivity contribution in [1.29, 1.82) is 0 Å². The summed E-state index contributed by atoms with van der Waals surface area (Å²) in [5.74, 6) is -3.98. The molecule has 5 aromatic rings. The average molecular weight is 756 g/mol. The molecule has 6 rings (SSSR count). The van der Waals surface area contributed by atoms with Crippen LogP contribution in [0.2, 0.25) is 0 Å². The van der Waals surface area contributed by atoms with Gasteiger partial charge in [-0.05, 0) is 82.8 Å². The van der Waals surface area contributed by atoms with Gasteiger partial charge in [0, 0.05) is 5.92 Å². The van der Waals surface area contributed by atoms with Crippen molar-refractivity contribution in [3.8, 4) is 16.9 Å². The highest BCUT2D eigenvalue weighted by Crippen LogP contribution is 2.45. The number of hydrogen-bond donors (Lipinski definition) is 5. The van der Waals surface area contributed by atoms with Crippen LogP contribution in [0.25, 0.3) is 11.1 Å². The highest BCUT2D eigenvalue weighted by Gasteiger charge is 2.52. The van der Waals surface area contributed by atoms with Gasteiger partial charge >= 0.3 is 17.9 Å². The number of hydrazine groups is 1. The zero-order valence-electron chi connectivity index (χ0n) is 31.9. The molecule has 1 aliphatic rings. The lowest BCUT2D eigenvalue weighted by Crippen LogP contribution is -2.68. The third kappa shape index (κ3) is 7.95. The summed E-state index contributed by atoms with van der Waals surface area (Å²) in [5.41, 5.74) is 9.52. The predicted molar refractivity (Wildman–Crippen MR) is 215 cm³/mol. The van der Waals surface area contributed by atoms with Crippen LogP contribution in [0.15, 0.2) is 133 Å². The van der Waals surface area contributed by atoms with Crippen LogP contribution in [0.1, 0.15) is 66.8 Å².